The lowest BCUT2D eigenvalue weighted by molar-refractivity contribution is -0.134. The number of hydrogen-bond donors (Lipinski definition) is 1. The normalized spacial score (nSPS) is 23.6. The average Bonchev–Trinajstić information content (AvgIpc) is 3.08. The molecule has 1 amide bonds. The highest BCUT2D eigenvalue weighted by atomic mass is 16.5. The van der Waals surface area contributed by atoms with Crippen LogP contribution in [0, 0.1) is 5.92 Å². The summed E-state index contributed by atoms with van der Waals surface area (Å²) in [6.45, 7) is 5.39. The first kappa shape index (κ1) is 20.4. The standard InChI is InChI=1S/C23H33N3O3/c1-24-16-19(20-6-2-3-7-22(20)24)15-23(28)26-9-8-21(18(17-26)5-4-12-27)25-10-13-29-14-11-25/h2-3,6-7,16,18,21,27H,4-5,8-15,17H2,1H3/t18-,21+/m1/s1. The number of aromatic nitrogens is 1. The molecule has 1 N–H and O–H groups in total. The summed E-state index contributed by atoms with van der Waals surface area (Å²) >= 11 is 0. The molecule has 2 aliphatic heterocycles. The molecule has 0 radical (unpaired) electrons. The van der Waals surface area contributed by atoms with E-state index in [0.29, 0.717) is 18.4 Å². The van der Waals surface area contributed by atoms with Crippen molar-refractivity contribution in [2.45, 2.75) is 31.7 Å². The molecule has 0 aliphatic carbocycles. The van der Waals surface area contributed by atoms with Gasteiger partial charge in [0.15, 0.2) is 0 Å². The maximum Gasteiger partial charge on any atom is 0.227 e. The molecule has 2 atom stereocenters. The Hall–Kier alpha value is -1.89. The van der Waals surface area contributed by atoms with Crippen LogP contribution in [0.5, 0.6) is 0 Å². The van der Waals surface area contributed by atoms with Gasteiger partial charge in [-0.2, -0.15) is 0 Å². The van der Waals surface area contributed by atoms with Crippen LogP contribution in [0.3, 0.4) is 0 Å². The summed E-state index contributed by atoms with van der Waals surface area (Å²) in [7, 11) is 2.04. The molecule has 2 aromatic rings. The van der Waals surface area contributed by atoms with E-state index in [0.717, 1.165) is 64.2 Å². The quantitative estimate of drug-likeness (QED) is 0.808. The van der Waals surface area contributed by atoms with Gasteiger partial charge in [0.05, 0.1) is 19.6 Å². The highest BCUT2D eigenvalue weighted by Crippen LogP contribution is 2.28. The molecule has 158 valence electrons. The van der Waals surface area contributed by atoms with Crippen molar-refractivity contribution < 1.29 is 14.6 Å². The van der Waals surface area contributed by atoms with Gasteiger partial charge in [-0.1, -0.05) is 18.2 Å². The van der Waals surface area contributed by atoms with Gasteiger partial charge in [-0.25, -0.2) is 0 Å². The number of likely N-dealkylation sites (tertiary alicyclic amines) is 1. The van der Waals surface area contributed by atoms with Crippen LogP contribution in [0.2, 0.25) is 0 Å². The monoisotopic (exact) mass is 399 g/mol. The van der Waals surface area contributed by atoms with E-state index < -0.39 is 0 Å². The third kappa shape index (κ3) is 4.49. The van der Waals surface area contributed by atoms with Crippen LogP contribution in [-0.4, -0.2) is 77.4 Å². The summed E-state index contributed by atoms with van der Waals surface area (Å²) in [5.74, 6) is 0.640. The maximum absolute atomic E-state index is 13.2. The molecule has 29 heavy (non-hydrogen) atoms. The van der Waals surface area contributed by atoms with Crippen molar-refractivity contribution in [3.05, 3.63) is 36.0 Å². The van der Waals surface area contributed by atoms with Crippen molar-refractivity contribution in [1.82, 2.24) is 14.4 Å². The molecule has 0 spiro atoms. The van der Waals surface area contributed by atoms with E-state index in [4.69, 9.17) is 4.74 Å². The third-order valence-corrected chi connectivity index (χ3v) is 6.62. The number of morpholine rings is 1. The third-order valence-electron chi connectivity index (χ3n) is 6.62. The molecule has 2 aliphatic rings. The van der Waals surface area contributed by atoms with Crippen LogP contribution in [0.15, 0.2) is 30.5 Å². The topological polar surface area (TPSA) is 57.9 Å². The number of aryl methyl sites for hydroxylation is 1. The fourth-order valence-electron chi connectivity index (χ4n) is 5.11. The van der Waals surface area contributed by atoms with E-state index in [1.165, 1.54) is 10.9 Å². The Balaban J connectivity index is 1.44. The Kier molecular flexibility index (Phi) is 6.53. The van der Waals surface area contributed by atoms with Gasteiger partial charge in [-0.15, -0.1) is 0 Å². The van der Waals surface area contributed by atoms with Gasteiger partial charge >= 0.3 is 0 Å². The maximum atomic E-state index is 13.2. The first-order chi connectivity index (χ1) is 14.2. The van der Waals surface area contributed by atoms with Crippen LogP contribution in [0.4, 0.5) is 0 Å². The Labute approximate surface area is 173 Å². The second kappa shape index (κ2) is 9.28. The van der Waals surface area contributed by atoms with E-state index in [2.05, 4.69) is 32.7 Å². The number of para-hydroxylation sites is 1. The molecule has 0 unspecified atom stereocenters. The Morgan fingerprint density at radius 1 is 1.21 bits per heavy atom. The van der Waals surface area contributed by atoms with Crippen LogP contribution >= 0.6 is 0 Å². The predicted octanol–water partition coefficient (Wildman–Crippen LogP) is 2.04. The van der Waals surface area contributed by atoms with Crippen molar-refractivity contribution in [3.63, 3.8) is 0 Å². The molecule has 2 fully saturated rings. The number of benzene rings is 1. The molecule has 1 aromatic heterocycles. The summed E-state index contributed by atoms with van der Waals surface area (Å²) in [6.07, 6.45) is 5.33. The van der Waals surface area contributed by atoms with Gasteiger partial charge in [0.1, 0.15) is 0 Å². The summed E-state index contributed by atoms with van der Waals surface area (Å²) in [5, 5.41) is 10.5. The lowest BCUT2D eigenvalue weighted by atomic mass is 9.86. The van der Waals surface area contributed by atoms with Crippen LogP contribution in [-0.2, 0) is 23.0 Å². The van der Waals surface area contributed by atoms with E-state index in [1.54, 1.807) is 0 Å². The molecular weight excluding hydrogens is 366 g/mol. The largest absolute Gasteiger partial charge is 0.396 e. The lowest BCUT2D eigenvalue weighted by Gasteiger charge is -2.45. The number of amides is 1. The summed E-state index contributed by atoms with van der Waals surface area (Å²) in [4.78, 5) is 17.8. The number of nitrogens with zero attached hydrogens (tertiary/aromatic N) is 3. The average molecular weight is 400 g/mol. The number of carbonyl (C=O) groups is 1. The highest BCUT2D eigenvalue weighted by Gasteiger charge is 2.35. The second-order valence-electron chi connectivity index (χ2n) is 8.43. The van der Waals surface area contributed by atoms with E-state index >= 15 is 0 Å². The summed E-state index contributed by atoms with van der Waals surface area (Å²) in [6, 6.07) is 8.77. The second-order valence-corrected chi connectivity index (χ2v) is 8.43. The lowest BCUT2D eigenvalue weighted by Crippen LogP contribution is -2.55. The first-order valence-corrected chi connectivity index (χ1v) is 10.9. The molecular formula is C23H33N3O3. The van der Waals surface area contributed by atoms with Gasteiger partial charge in [0.25, 0.3) is 0 Å². The van der Waals surface area contributed by atoms with Gasteiger partial charge in [-0.3, -0.25) is 9.69 Å². The Morgan fingerprint density at radius 3 is 2.79 bits per heavy atom. The number of rotatable bonds is 6. The number of aliphatic hydroxyl groups excluding tert-OH is 1. The zero-order chi connectivity index (χ0) is 20.2. The van der Waals surface area contributed by atoms with Crippen molar-refractivity contribution in [2.75, 3.05) is 46.0 Å². The molecule has 0 saturated carbocycles. The van der Waals surface area contributed by atoms with E-state index in [-0.39, 0.29) is 12.5 Å². The summed E-state index contributed by atoms with van der Waals surface area (Å²) < 4.78 is 7.63. The highest BCUT2D eigenvalue weighted by molar-refractivity contribution is 5.89. The number of ether oxygens (including phenoxy) is 1. The fourth-order valence-corrected chi connectivity index (χ4v) is 5.11. The molecule has 4 rings (SSSR count). The number of hydrogen-bond acceptors (Lipinski definition) is 4. The Bertz CT molecular complexity index is 828. The molecule has 2 saturated heterocycles. The van der Waals surface area contributed by atoms with Crippen molar-refractivity contribution in [3.8, 4) is 0 Å². The molecule has 6 heteroatoms. The summed E-state index contributed by atoms with van der Waals surface area (Å²) in [5.41, 5.74) is 2.28. The minimum atomic E-state index is 0.218. The molecule has 6 nitrogen and oxygen atoms in total. The minimum Gasteiger partial charge on any atom is -0.396 e. The van der Waals surface area contributed by atoms with Crippen molar-refractivity contribution >= 4 is 16.8 Å². The van der Waals surface area contributed by atoms with Gasteiger partial charge in [0, 0.05) is 63.0 Å². The van der Waals surface area contributed by atoms with Crippen LogP contribution in [0.1, 0.15) is 24.8 Å². The van der Waals surface area contributed by atoms with Gasteiger partial charge < -0.3 is 19.3 Å². The predicted molar refractivity (Wildman–Crippen MR) is 114 cm³/mol. The Morgan fingerprint density at radius 2 is 2.00 bits per heavy atom. The van der Waals surface area contributed by atoms with Gasteiger partial charge in [0.2, 0.25) is 5.91 Å². The molecule has 0 bridgehead atoms. The SMILES string of the molecule is Cn1cc(CC(=O)N2CC[C@H](N3CCOCC3)[C@H](CCCO)C2)c2ccccc21. The van der Waals surface area contributed by atoms with Crippen LogP contribution in [0.25, 0.3) is 10.9 Å². The molecule has 3 heterocycles. The van der Waals surface area contributed by atoms with E-state index in [1.807, 2.05) is 19.2 Å². The smallest absolute Gasteiger partial charge is 0.227 e. The number of piperidine rings is 1. The number of aliphatic hydroxyl groups is 1. The molecule has 1 aromatic carbocycles. The number of fused-ring (bicyclic) bond motifs is 1. The number of carbonyl (C=O) groups excluding carboxylic acids is 1. The zero-order valence-corrected chi connectivity index (χ0v) is 17.4. The van der Waals surface area contributed by atoms with Crippen molar-refractivity contribution in [1.29, 1.82) is 0 Å². The van der Waals surface area contributed by atoms with E-state index in [9.17, 15) is 9.90 Å². The van der Waals surface area contributed by atoms with Crippen molar-refractivity contribution in [2.24, 2.45) is 13.0 Å². The first-order valence-electron chi connectivity index (χ1n) is 10.9. The zero-order valence-electron chi connectivity index (χ0n) is 17.4. The van der Waals surface area contributed by atoms with Crippen LogP contribution < -0.4 is 0 Å². The van der Waals surface area contributed by atoms with Gasteiger partial charge in [-0.05, 0) is 36.8 Å². The fraction of sp³-hybridized carbons (Fsp3) is 0.609. The minimum absolute atomic E-state index is 0.218.